The number of hydrogen-bond acceptors (Lipinski definition) is 4. The molecule has 2 rings (SSSR count). The van der Waals surface area contributed by atoms with E-state index in [-0.39, 0.29) is 5.91 Å². The molecule has 0 aliphatic heterocycles. The quantitative estimate of drug-likeness (QED) is 0.739. The van der Waals surface area contributed by atoms with Crippen LogP contribution in [0, 0.1) is 0 Å². The number of nitrogens with one attached hydrogen (secondary N) is 1. The standard InChI is InChI=1S/C10H13N5O/c11-5-4-10(16)12-7-9-14-13-8-3-1-2-6-15(8)9/h1-3,6H,4-5,7,11H2,(H,12,16). The van der Waals surface area contributed by atoms with E-state index in [0.29, 0.717) is 25.3 Å². The predicted molar refractivity (Wildman–Crippen MR) is 58.5 cm³/mol. The maximum atomic E-state index is 11.2. The number of aromatic nitrogens is 3. The summed E-state index contributed by atoms with van der Waals surface area (Å²) in [5.41, 5.74) is 6.04. The van der Waals surface area contributed by atoms with E-state index in [1.807, 2.05) is 28.8 Å². The van der Waals surface area contributed by atoms with Crippen LogP contribution in [0.3, 0.4) is 0 Å². The molecule has 0 saturated heterocycles. The number of carbonyl (C=O) groups is 1. The number of nitrogens with zero attached hydrogens (tertiary/aromatic N) is 3. The fraction of sp³-hybridized carbons (Fsp3) is 0.300. The summed E-state index contributed by atoms with van der Waals surface area (Å²) < 4.78 is 1.84. The van der Waals surface area contributed by atoms with Gasteiger partial charge in [0.05, 0.1) is 6.54 Å². The van der Waals surface area contributed by atoms with Crippen LogP contribution in [0.5, 0.6) is 0 Å². The molecule has 6 nitrogen and oxygen atoms in total. The molecule has 84 valence electrons. The van der Waals surface area contributed by atoms with Crippen molar-refractivity contribution < 1.29 is 4.79 Å². The highest BCUT2D eigenvalue weighted by molar-refractivity contribution is 5.75. The van der Waals surface area contributed by atoms with Gasteiger partial charge in [-0.3, -0.25) is 9.20 Å². The first-order chi connectivity index (χ1) is 7.81. The number of nitrogens with two attached hydrogens (primary N) is 1. The van der Waals surface area contributed by atoms with Crippen LogP contribution in [-0.4, -0.2) is 27.0 Å². The predicted octanol–water partition coefficient (Wildman–Crippen LogP) is -0.306. The molecule has 0 aromatic carbocycles. The van der Waals surface area contributed by atoms with Crippen LogP contribution in [-0.2, 0) is 11.3 Å². The number of pyridine rings is 1. The third-order valence-corrected chi connectivity index (χ3v) is 2.20. The van der Waals surface area contributed by atoms with Crippen molar-refractivity contribution in [3.05, 3.63) is 30.2 Å². The van der Waals surface area contributed by atoms with Crippen molar-refractivity contribution in [1.82, 2.24) is 19.9 Å². The van der Waals surface area contributed by atoms with E-state index < -0.39 is 0 Å². The largest absolute Gasteiger partial charge is 0.349 e. The number of rotatable bonds is 4. The molecule has 16 heavy (non-hydrogen) atoms. The number of fused-ring (bicyclic) bond motifs is 1. The summed E-state index contributed by atoms with van der Waals surface area (Å²) in [5, 5.41) is 10.7. The first kappa shape index (κ1) is 10.6. The fourth-order valence-corrected chi connectivity index (χ4v) is 1.41. The minimum atomic E-state index is -0.0739. The summed E-state index contributed by atoms with van der Waals surface area (Å²) >= 11 is 0. The minimum Gasteiger partial charge on any atom is -0.349 e. The molecule has 0 radical (unpaired) electrons. The molecule has 2 heterocycles. The number of amides is 1. The van der Waals surface area contributed by atoms with Crippen LogP contribution in [0.2, 0.25) is 0 Å². The lowest BCUT2D eigenvalue weighted by Gasteiger charge is -2.02. The third-order valence-electron chi connectivity index (χ3n) is 2.20. The molecule has 0 unspecified atom stereocenters. The van der Waals surface area contributed by atoms with E-state index in [1.165, 1.54) is 0 Å². The first-order valence-corrected chi connectivity index (χ1v) is 5.06. The molecule has 1 amide bonds. The Kier molecular flexibility index (Phi) is 3.11. The molecular weight excluding hydrogens is 206 g/mol. The summed E-state index contributed by atoms with van der Waals surface area (Å²) in [6.07, 6.45) is 2.19. The van der Waals surface area contributed by atoms with Gasteiger partial charge in [-0.1, -0.05) is 6.07 Å². The second-order valence-electron chi connectivity index (χ2n) is 3.36. The number of carbonyl (C=O) groups excluding carboxylic acids is 1. The van der Waals surface area contributed by atoms with Gasteiger partial charge in [0.15, 0.2) is 11.5 Å². The van der Waals surface area contributed by atoms with E-state index >= 15 is 0 Å². The van der Waals surface area contributed by atoms with Gasteiger partial charge < -0.3 is 11.1 Å². The van der Waals surface area contributed by atoms with Gasteiger partial charge in [-0.25, -0.2) is 0 Å². The van der Waals surface area contributed by atoms with Crippen molar-refractivity contribution in [2.75, 3.05) is 6.54 Å². The molecule has 3 N–H and O–H groups in total. The van der Waals surface area contributed by atoms with Crippen LogP contribution < -0.4 is 11.1 Å². The summed E-state index contributed by atoms with van der Waals surface area (Å²) in [4.78, 5) is 11.2. The summed E-state index contributed by atoms with van der Waals surface area (Å²) in [5.74, 6) is 0.635. The van der Waals surface area contributed by atoms with Crippen LogP contribution in [0.4, 0.5) is 0 Å². The normalized spacial score (nSPS) is 10.6. The Morgan fingerprint density at radius 3 is 3.12 bits per heavy atom. The maximum absolute atomic E-state index is 11.2. The Morgan fingerprint density at radius 1 is 1.44 bits per heavy atom. The SMILES string of the molecule is NCCC(=O)NCc1nnc2ccccn12. The summed E-state index contributed by atoms with van der Waals surface area (Å²) in [6.45, 7) is 0.719. The van der Waals surface area contributed by atoms with E-state index in [4.69, 9.17) is 5.73 Å². The van der Waals surface area contributed by atoms with Crippen molar-refractivity contribution in [1.29, 1.82) is 0 Å². The van der Waals surface area contributed by atoms with E-state index in [1.54, 1.807) is 0 Å². The zero-order chi connectivity index (χ0) is 11.4. The monoisotopic (exact) mass is 219 g/mol. The van der Waals surface area contributed by atoms with Crippen molar-refractivity contribution >= 4 is 11.6 Å². The van der Waals surface area contributed by atoms with Gasteiger partial charge in [-0.05, 0) is 12.1 Å². The average Bonchev–Trinajstić information content (AvgIpc) is 2.70. The van der Waals surface area contributed by atoms with Gasteiger partial charge in [0.2, 0.25) is 5.91 Å². The highest BCUT2D eigenvalue weighted by atomic mass is 16.1. The minimum absolute atomic E-state index is 0.0739. The Hall–Kier alpha value is -1.95. The van der Waals surface area contributed by atoms with Crippen LogP contribution >= 0.6 is 0 Å². The van der Waals surface area contributed by atoms with Crippen molar-refractivity contribution in [2.24, 2.45) is 5.73 Å². The lowest BCUT2D eigenvalue weighted by molar-refractivity contribution is -0.121. The maximum Gasteiger partial charge on any atom is 0.221 e. The topological polar surface area (TPSA) is 85.3 Å². The van der Waals surface area contributed by atoms with Crippen LogP contribution in [0.1, 0.15) is 12.2 Å². The molecule has 0 spiro atoms. The Balaban J connectivity index is 2.07. The molecule has 0 fully saturated rings. The molecule has 0 saturated carbocycles. The van der Waals surface area contributed by atoms with E-state index in [2.05, 4.69) is 15.5 Å². The van der Waals surface area contributed by atoms with Gasteiger partial charge in [-0.15, -0.1) is 10.2 Å². The third kappa shape index (κ3) is 2.17. The van der Waals surface area contributed by atoms with Gasteiger partial charge in [-0.2, -0.15) is 0 Å². The zero-order valence-electron chi connectivity index (χ0n) is 8.76. The smallest absolute Gasteiger partial charge is 0.221 e. The Bertz CT molecular complexity index is 493. The van der Waals surface area contributed by atoms with Crippen molar-refractivity contribution in [3.8, 4) is 0 Å². The molecule has 2 aromatic heterocycles. The summed E-state index contributed by atoms with van der Waals surface area (Å²) in [6, 6.07) is 5.64. The van der Waals surface area contributed by atoms with Gasteiger partial charge in [0, 0.05) is 19.2 Å². The Labute approximate surface area is 92.5 Å². The average molecular weight is 219 g/mol. The van der Waals surface area contributed by atoms with Crippen LogP contribution in [0.25, 0.3) is 5.65 Å². The van der Waals surface area contributed by atoms with E-state index in [0.717, 1.165) is 5.65 Å². The molecule has 0 aliphatic rings. The zero-order valence-corrected chi connectivity index (χ0v) is 8.76. The van der Waals surface area contributed by atoms with Crippen LogP contribution in [0.15, 0.2) is 24.4 Å². The lowest BCUT2D eigenvalue weighted by atomic mass is 10.4. The van der Waals surface area contributed by atoms with Crippen molar-refractivity contribution in [2.45, 2.75) is 13.0 Å². The van der Waals surface area contributed by atoms with Gasteiger partial charge in [0.1, 0.15) is 0 Å². The highest BCUT2D eigenvalue weighted by Gasteiger charge is 2.05. The van der Waals surface area contributed by atoms with Gasteiger partial charge >= 0.3 is 0 Å². The molecular formula is C10H13N5O. The highest BCUT2D eigenvalue weighted by Crippen LogP contribution is 2.02. The van der Waals surface area contributed by atoms with E-state index in [9.17, 15) is 4.79 Å². The Morgan fingerprint density at radius 2 is 2.31 bits per heavy atom. The fourth-order valence-electron chi connectivity index (χ4n) is 1.41. The second kappa shape index (κ2) is 4.71. The lowest BCUT2D eigenvalue weighted by Crippen LogP contribution is -2.25. The van der Waals surface area contributed by atoms with Crippen molar-refractivity contribution in [3.63, 3.8) is 0 Å². The molecule has 0 atom stereocenters. The first-order valence-electron chi connectivity index (χ1n) is 5.06. The molecule has 0 bridgehead atoms. The van der Waals surface area contributed by atoms with Gasteiger partial charge in [0.25, 0.3) is 0 Å². The number of hydrogen-bond donors (Lipinski definition) is 2. The molecule has 6 heteroatoms. The molecule has 2 aromatic rings. The second-order valence-corrected chi connectivity index (χ2v) is 3.36. The molecule has 0 aliphatic carbocycles. The summed E-state index contributed by atoms with van der Waals surface area (Å²) in [7, 11) is 0.